The van der Waals surface area contributed by atoms with E-state index in [1.165, 1.54) is 5.56 Å². The molecule has 4 nitrogen and oxygen atoms in total. The highest BCUT2D eigenvalue weighted by atomic mass is 16.6. The fourth-order valence-electron chi connectivity index (χ4n) is 2.03. The Balaban J connectivity index is 2.23. The van der Waals surface area contributed by atoms with Crippen LogP contribution in [0.1, 0.15) is 23.5 Å². The van der Waals surface area contributed by atoms with E-state index < -0.39 is 0 Å². The van der Waals surface area contributed by atoms with E-state index in [0.717, 1.165) is 12.0 Å². The number of nitro benzene ring substituents is 1. The van der Waals surface area contributed by atoms with Crippen molar-refractivity contribution in [1.29, 1.82) is 0 Å². The molecule has 2 N–H and O–H groups in total. The first-order chi connectivity index (χ1) is 7.13. The molecule has 0 radical (unpaired) electrons. The van der Waals surface area contributed by atoms with Crippen LogP contribution < -0.4 is 5.73 Å². The Morgan fingerprint density at radius 3 is 2.80 bits per heavy atom. The van der Waals surface area contributed by atoms with Crippen molar-refractivity contribution < 1.29 is 4.92 Å². The van der Waals surface area contributed by atoms with E-state index in [1.54, 1.807) is 13.0 Å². The minimum absolute atomic E-state index is 0.198. The van der Waals surface area contributed by atoms with Gasteiger partial charge in [-0.15, -0.1) is 0 Å². The third-order valence-corrected chi connectivity index (χ3v) is 3.07. The smallest absolute Gasteiger partial charge is 0.272 e. The summed E-state index contributed by atoms with van der Waals surface area (Å²) in [6, 6.07) is 5.36. The van der Waals surface area contributed by atoms with Gasteiger partial charge < -0.3 is 5.73 Å². The van der Waals surface area contributed by atoms with E-state index in [0.29, 0.717) is 18.4 Å². The fraction of sp³-hybridized carbons (Fsp3) is 0.455. The lowest BCUT2D eigenvalue weighted by molar-refractivity contribution is -0.385. The summed E-state index contributed by atoms with van der Waals surface area (Å²) in [6.45, 7) is 2.49. The van der Waals surface area contributed by atoms with Gasteiger partial charge >= 0.3 is 0 Å². The van der Waals surface area contributed by atoms with E-state index in [9.17, 15) is 10.1 Å². The molecule has 1 aromatic rings. The first-order valence-corrected chi connectivity index (χ1v) is 5.08. The van der Waals surface area contributed by atoms with Crippen LogP contribution in [0.4, 0.5) is 5.69 Å². The maximum atomic E-state index is 10.6. The van der Waals surface area contributed by atoms with Crippen LogP contribution in [0.2, 0.25) is 0 Å². The Labute approximate surface area is 88.2 Å². The molecule has 0 aliphatic heterocycles. The average molecular weight is 206 g/mol. The lowest BCUT2D eigenvalue weighted by atomic mass is 10.0. The molecule has 0 spiro atoms. The highest BCUT2D eigenvalue weighted by molar-refractivity contribution is 5.44. The van der Waals surface area contributed by atoms with Gasteiger partial charge in [0.05, 0.1) is 4.92 Å². The Hall–Kier alpha value is -1.42. The van der Waals surface area contributed by atoms with Crippen molar-refractivity contribution in [1.82, 2.24) is 0 Å². The van der Waals surface area contributed by atoms with Gasteiger partial charge in [0.1, 0.15) is 0 Å². The van der Waals surface area contributed by atoms with Crippen LogP contribution in [-0.4, -0.2) is 11.5 Å². The summed E-state index contributed by atoms with van der Waals surface area (Å²) in [5.74, 6) is 1.10. The molecule has 0 amide bonds. The third kappa shape index (κ3) is 1.85. The maximum absolute atomic E-state index is 10.6. The molecule has 0 bridgehead atoms. The van der Waals surface area contributed by atoms with Crippen molar-refractivity contribution in [3.05, 3.63) is 39.4 Å². The molecule has 4 heteroatoms. The molecule has 1 aliphatic carbocycles. The number of rotatable bonds is 3. The number of nitrogens with zero attached hydrogens (tertiary/aromatic N) is 1. The lowest BCUT2D eigenvalue weighted by Crippen LogP contribution is -2.02. The molecule has 80 valence electrons. The van der Waals surface area contributed by atoms with Gasteiger partial charge in [0, 0.05) is 11.6 Å². The standard InChI is InChI=1S/C11H14N2O2/c1-7-4-8(10-5-9(10)6-12)2-3-11(7)13(14)15/h2-4,9-10H,5-6,12H2,1H3. The Kier molecular flexibility index (Phi) is 2.44. The zero-order chi connectivity index (χ0) is 11.0. The molecule has 2 atom stereocenters. The van der Waals surface area contributed by atoms with E-state index >= 15 is 0 Å². The van der Waals surface area contributed by atoms with Gasteiger partial charge in [0.15, 0.2) is 0 Å². The van der Waals surface area contributed by atoms with Gasteiger partial charge in [0.2, 0.25) is 0 Å². The molecule has 15 heavy (non-hydrogen) atoms. The molecule has 2 unspecified atom stereocenters. The minimum Gasteiger partial charge on any atom is -0.330 e. The van der Waals surface area contributed by atoms with E-state index in [-0.39, 0.29) is 10.6 Å². The summed E-state index contributed by atoms with van der Waals surface area (Å²) < 4.78 is 0. The quantitative estimate of drug-likeness (QED) is 0.607. The number of aryl methyl sites for hydroxylation is 1. The van der Waals surface area contributed by atoms with Crippen molar-refractivity contribution >= 4 is 5.69 Å². The van der Waals surface area contributed by atoms with Crippen LogP contribution in [0.3, 0.4) is 0 Å². The topological polar surface area (TPSA) is 69.2 Å². The van der Waals surface area contributed by atoms with Crippen molar-refractivity contribution in [3.63, 3.8) is 0 Å². The number of hydrogen-bond donors (Lipinski definition) is 1. The van der Waals surface area contributed by atoms with Crippen LogP contribution >= 0.6 is 0 Å². The molecule has 1 fully saturated rings. The Morgan fingerprint density at radius 2 is 2.33 bits per heavy atom. The Bertz CT molecular complexity index is 404. The molecule has 0 heterocycles. The number of benzene rings is 1. The molecule has 1 aromatic carbocycles. The van der Waals surface area contributed by atoms with Gasteiger partial charge in [-0.25, -0.2) is 0 Å². The molecule has 0 saturated heterocycles. The SMILES string of the molecule is Cc1cc(C2CC2CN)ccc1[N+](=O)[O-]. The van der Waals surface area contributed by atoms with Crippen LogP contribution in [-0.2, 0) is 0 Å². The second kappa shape index (κ2) is 3.62. The lowest BCUT2D eigenvalue weighted by Gasteiger charge is -2.02. The Morgan fingerprint density at radius 1 is 1.60 bits per heavy atom. The number of hydrogen-bond acceptors (Lipinski definition) is 3. The summed E-state index contributed by atoms with van der Waals surface area (Å²) in [4.78, 5) is 10.3. The van der Waals surface area contributed by atoms with Crippen molar-refractivity contribution in [2.75, 3.05) is 6.54 Å². The molecule has 1 saturated carbocycles. The van der Waals surface area contributed by atoms with E-state index in [2.05, 4.69) is 0 Å². The van der Waals surface area contributed by atoms with Gasteiger partial charge in [-0.05, 0) is 43.4 Å². The maximum Gasteiger partial charge on any atom is 0.272 e. The van der Waals surface area contributed by atoms with Gasteiger partial charge in [-0.2, -0.15) is 0 Å². The van der Waals surface area contributed by atoms with Gasteiger partial charge in [0.25, 0.3) is 5.69 Å². The predicted molar refractivity (Wildman–Crippen MR) is 57.7 cm³/mol. The van der Waals surface area contributed by atoms with Crippen LogP contribution in [0.5, 0.6) is 0 Å². The second-order valence-corrected chi connectivity index (χ2v) is 4.14. The highest BCUT2D eigenvalue weighted by Crippen LogP contribution is 2.47. The first kappa shape index (κ1) is 10.1. The van der Waals surface area contributed by atoms with Gasteiger partial charge in [-0.1, -0.05) is 6.07 Å². The molecular weight excluding hydrogens is 192 g/mol. The molecule has 0 aromatic heterocycles. The highest BCUT2D eigenvalue weighted by Gasteiger charge is 2.37. The van der Waals surface area contributed by atoms with Crippen LogP contribution in [0, 0.1) is 23.0 Å². The van der Waals surface area contributed by atoms with Crippen LogP contribution in [0.15, 0.2) is 18.2 Å². The largest absolute Gasteiger partial charge is 0.330 e. The summed E-state index contributed by atoms with van der Waals surface area (Å²) in [5, 5.41) is 10.6. The third-order valence-electron chi connectivity index (χ3n) is 3.07. The number of nitrogens with two attached hydrogens (primary N) is 1. The van der Waals surface area contributed by atoms with Crippen LogP contribution in [0.25, 0.3) is 0 Å². The van der Waals surface area contributed by atoms with Gasteiger partial charge in [-0.3, -0.25) is 10.1 Å². The fourth-order valence-corrected chi connectivity index (χ4v) is 2.03. The normalized spacial score (nSPS) is 23.9. The predicted octanol–water partition coefficient (Wildman–Crippen LogP) is 1.97. The zero-order valence-corrected chi connectivity index (χ0v) is 8.64. The zero-order valence-electron chi connectivity index (χ0n) is 8.64. The molecule has 1 aliphatic rings. The number of nitro groups is 1. The second-order valence-electron chi connectivity index (χ2n) is 4.14. The van der Waals surface area contributed by atoms with E-state index in [1.807, 2.05) is 12.1 Å². The average Bonchev–Trinajstić information content (AvgIpc) is 2.95. The van der Waals surface area contributed by atoms with Crippen molar-refractivity contribution in [2.45, 2.75) is 19.3 Å². The molecule has 2 rings (SSSR count). The monoisotopic (exact) mass is 206 g/mol. The first-order valence-electron chi connectivity index (χ1n) is 5.08. The summed E-state index contributed by atoms with van der Waals surface area (Å²) >= 11 is 0. The minimum atomic E-state index is -0.341. The molecular formula is C11H14N2O2. The van der Waals surface area contributed by atoms with E-state index in [4.69, 9.17) is 5.73 Å². The summed E-state index contributed by atoms with van der Waals surface area (Å²) in [5.41, 5.74) is 7.69. The van der Waals surface area contributed by atoms with Crippen molar-refractivity contribution in [3.8, 4) is 0 Å². The summed E-state index contributed by atoms with van der Waals surface area (Å²) in [6.07, 6.45) is 1.12. The summed E-state index contributed by atoms with van der Waals surface area (Å²) in [7, 11) is 0. The van der Waals surface area contributed by atoms with Crippen molar-refractivity contribution in [2.24, 2.45) is 11.7 Å².